The Balaban J connectivity index is 0.837. The molecule has 19 rings (SSSR count). The summed E-state index contributed by atoms with van der Waals surface area (Å²) in [6.45, 7) is 2.23. The van der Waals surface area contributed by atoms with Crippen LogP contribution in [0.4, 0.5) is 0 Å². The highest BCUT2D eigenvalue weighted by atomic mass is 32.1. The van der Waals surface area contributed by atoms with Crippen LogP contribution in [0.1, 0.15) is 16.8 Å². The van der Waals surface area contributed by atoms with Gasteiger partial charge in [0, 0.05) is 53.7 Å². The number of benzene rings is 7. The fourth-order valence-electron chi connectivity index (χ4n) is 13.2. The molecule has 0 spiro atoms. The maximum absolute atomic E-state index is 6.35. The third kappa shape index (κ3) is 4.24. The number of aromatic amines is 3. The molecule has 0 amide bonds. The molecule has 12 heterocycles. The second-order valence-electron chi connectivity index (χ2n) is 19.7. The SMILES string of the molecule is Cc1cc(Cc2cc3ccc4c5ccc(-c6ccc7c(c6)c6ccc8sc9ccc[n+]%10[nH]n%11ccc7c%11c6c8c9%10)cc5n5[nH][n+]6cccc7sc2c(c3c45)c76)n2[nH][n+]3cccc4oc5cccc(c5c43)c12. The van der Waals surface area contributed by atoms with Crippen molar-refractivity contribution in [3.8, 4) is 11.1 Å². The first kappa shape index (κ1) is 36.1. The molecule has 0 aliphatic heterocycles. The van der Waals surface area contributed by atoms with Crippen LogP contribution in [0, 0.1) is 6.92 Å². The van der Waals surface area contributed by atoms with E-state index in [0.717, 1.165) is 39.5 Å². The quantitative estimate of drug-likeness (QED) is 0.120. The first-order valence-corrected chi connectivity index (χ1v) is 25.7. The van der Waals surface area contributed by atoms with E-state index in [1.807, 2.05) is 28.7 Å². The number of hydrogen-bond acceptors (Lipinski definition) is 3. The predicted octanol–water partition coefficient (Wildman–Crippen LogP) is 13.3. The van der Waals surface area contributed by atoms with Crippen LogP contribution in [0.2, 0.25) is 0 Å². The highest BCUT2D eigenvalue weighted by molar-refractivity contribution is 7.26. The molecule has 19 aromatic rings. The zero-order chi connectivity index (χ0) is 45.7. The van der Waals surface area contributed by atoms with Gasteiger partial charge in [-0.05, 0) is 142 Å². The summed E-state index contributed by atoms with van der Waals surface area (Å²) >= 11 is 3.76. The summed E-state index contributed by atoms with van der Waals surface area (Å²) in [5.74, 6) is 0. The number of nitrogens with zero attached hydrogens (tertiary/aromatic N) is 6. The van der Waals surface area contributed by atoms with Gasteiger partial charge in [-0.2, -0.15) is 0 Å². The lowest BCUT2D eigenvalue weighted by Gasteiger charge is -2.09. The molecule has 0 fully saturated rings. The van der Waals surface area contributed by atoms with Gasteiger partial charge in [-0.15, -0.1) is 49.8 Å². The third-order valence-corrected chi connectivity index (χ3v) is 18.4. The van der Waals surface area contributed by atoms with Crippen LogP contribution in [0.5, 0.6) is 0 Å². The van der Waals surface area contributed by atoms with Crippen molar-refractivity contribution in [2.75, 3.05) is 0 Å². The normalized spacial score (nSPS) is 13.2. The van der Waals surface area contributed by atoms with Gasteiger partial charge in [0.2, 0.25) is 5.52 Å². The average Bonchev–Trinajstić information content (AvgIpc) is 4.23. The lowest BCUT2D eigenvalue weighted by molar-refractivity contribution is -0.586. The smallest absolute Gasteiger partial charge is 0.207 e. The number of hydrogen-bond donors (Lipinski definition) is 3. The van der Waals surface area contributed by atoms with Gasteiger partial charge in [-0.3, -0.25) is 0 Å². The number of pyridine rings is 3. The first-order valence-electron chi connectivity index (χ1n) is 24.0. The average molecular weight is 949 g/mol. The molecule has 330 valence electrons. The summed E-state index contributed by atoms with van der Waals surface area (Å²) in [7, 11) is 0. The van der Waals surface area contributed by atoms with Gasteiger partial charge in [0.15, 0.2) is 38.7 Å². The Kier molecular flexibility index (Phi) is 6.13. The number of aromatic nitrogens is 9. The van der Waals surface area contributed by atoms with Gasteiger partial charge in [0.1, 0.15) is 36.1 Å². The van der Waals surface area contributed by atoms with E-state index in [1.54, 1.807) is 0 Å². The Labute approximate surface area is 405 Å². The lowest BCUT2D eigenvalue weighted by Crippen LogP contribution is -2.27. The Morgan fingerprint density at radius 2 is 1.24 bits per heavy atom. The molecule has 0 unspecified atom stereocenters. The van der Waals surface area contributed by atoms with Gasteiger partial charge in [-0.1, -0.05) is 52.0 Å². The van der Waals surface area contributed by atoms with Crippen LogP contribution in [-0.4, -0.2) is 29.2 Å². The van der Waals surface area contributed by atoms with Crippen LogP contribution in [-0.2, 0) is 6.42 Å². The molecule has 12 aromatic heterocycles. The van der Waals surface area contributed by atoms with Crippen LogP contribution in [0.25, 0.3) is 150 Å². The molecular formula is C59H34N9OS2+3. The van der Waals surface area contributed by atoms with E-state index >= 15 is 0 Å². The Bertz CT molecular complexity index is 5600. The molecule has 0 aliphatic rings. The summed E-state index contributed by atoms with van der Waals surface area (Å²) in [4.78, 5) is 0. The minimum absolute atomic E-state index is 0.746. The summed E-state index contributed by atoms with van der Waals surface area (Å²) in [5.41, 5.74) is 16.1. The van der Waals surface area contributed by atoms with E-state index in [1.165, 1.54) is 133 Å². The molecule has 3 N–H and O–H groups in total. The number of aryl methyl sites for hydroxylation is 1. The molecule has 7 aromatic carbocycles. The van der Waals surface area contributed by atoms with E-state index in [-0.39, 0.29) is 0 Å². The molecule has 0 saturated heterocycles. The molecule has 0 aliphatic carbocycles. The van der Waals surface area contributed by atoms with Crippen molar-refractivity contribution < 1.29 is 18.0 Å². The third-order valence-electron chi connectivity index (χ3n) is 16.1. The second-order valence-corrected chi connectivity index (χ2v) is 21.8. The molecule has 12 heteroatoms. The number of thiophene rings is 2. The molecule has 10 nitrogen and oxygen atoms in total. The topological polar surface area (TPSA) is 86.0 Å². The van der Waals surface area contributed by atoms with Crippen molar-refractivity contribution in [1.29, 1.82) is 0 Å². The van der Waals surface area contributed by atoms with Crippen LogP contribution in [0.15, 0.2) is 163 Å². The minimum Gasteiger partial charge on any atom is -0.452 e. The Hall–Kier alpha value is -8.97. The number of nitrogens with one attached hydrogen (secondary N) is 3. The van der Waals surface area contributed by atoms with Crippen molar-refractivity contribution in [3.05, 3.63) is 175 Å². The van der Waals surface area contributed by atoms with Gasteiger partial charge < -0.3 is 4.42 Å². The van der Waals surface area contributed by atoms with Gasteiger partial charge in [0.05, 0.1) is 25.6 Å². The summed E-state index contributed by atoms with van der Waals surface area (Å²) in [5, 5.41) is 27.7. The van der Waals surface area contributed by atoms with Crippen molar-refractivity contribution in [3.63, 3.8) is 0 Å². The van der Waals surface area contributed by atoms with Gasteiger partial charge >= 0.3 is 0 Å². The number of fused-ring (bicyclic) bond motifs is 8. The zero-order valence-corrected chi connectivity index (χ0v) is 39.3. The Morgan fingerprint density at radius 1 is 0.493 bits per heavy atom. The van der Waals surface area contributed by atoms with E-state index in [2.05, 4.69) is 202 Å². The standard InChI is InChI=1S/C59H33N9OS2/c1-29-24-34(67-53(29)40-6-2-7-43-49(40)56-44(69-43)8-3-20-63(56)61-67)26-33-25-32-13-16-38-36-15-12-31(28-42(36)68-55(38)48(32)52-58-47(71-59(33)52)10-5-22-65(58)62-68)30-11-14-35-39-19-23-66-54(39)50-37(41(35)27-30)17-18-45-51(50)57-46(70-45)9-4-21-64(57)60-66/h2-25,27-28,61-62H,26H2,1H3/q+2/p+1. The van der Waals surface area contributed by atoms with Crippen LogP contribution in [0.3, 0.4) is 0 Å². The molecule has 0 radical (unpaired) electrons. The van der Waals surface area contributed by atoms with E-state index in [9.17, 15) is 0 Å². The maximum atomic E-state index is 6.35. The van der Waals surface area contributed by atoms with Crippen molar-refractivity contribution in [2.45, 2.75) is 13.3 Å². The number of H-pyrrole nitrogens is 3. The maximum Gasteiger partial charge on any atom is 0.207 e. The molecule has 0 atom stereocenters. The van der Waals surface area contributed by atoms with Crippen molar-refractivity contribution >= 4 is 161 Å². The number of furan rings is 1. The van der Waals surface area contributed by atoms with E-state index < -0.39 is 0 Å². The molecule has 0 saturated carbocycles. The minimum atomic E-state index is 0.746. The molecular weight excluding hydrogens is 915 g/mol. The predicted molar refractivity (Wildman–Crippen MR) is 287 cm³/mol. The fraction of sp³-hybridized carbons (Fsp3) is 0.0339. The fourth-order valence-corrected chi connectivity index (χ4v) is 15.6. The van der Waals surface area contributed by atoms with Crippen molar-refractivity contribution in [1.82, 2.24) is 29.2 Å². The number of rotatable bonds is 3. The lowest BCUT2D eigenvalue weighted by atomic mass is 9.93. The second kappa shape index (κ2) is 12.1. The zero-order valence-electron chi connectivity index (χ0n) is 37.6. The van der Waals surface area contributed by atoms with Crippen LogP contribution >= 0.6 is 22.7 Å². The van der Waals surface area contributed by atoms with Gasteiger partial charge in [0.25, 0.3) is 0 Å². The molecule has 71 heavy (non-hydrogen) atoms. The summed E-state index contributed by atoms with van der Waals surface area (Å²) < 4.78 is 24.9. The van der Waals surface area contributed by atoms with E-state index in [0.29, 0.717) is 0 Å². The molecule has 0 bridgehead atoms. The van der Waals surface area contributed by atoms with Crippen molar-refractivity contribution in [2.24, 2.45) is 0 Å². The van der Waals surface area contributed by atoms with E-state index in [4.69, 9.17) is 4.42 Å². The van der Waals surface area contributed by atoms with Crippen LogP contribution < -0.4 is 13.5 Å². The summed E-state index contributed by atoms with van der Waals surface area (Å²) in [6.07, 6.45) is 9.31. The Morgan fingerprint density at radius 3 is 2.15 bits per heavy atom. The summed E-state index contributed by atoms with van der Waals surface area (Å²) in [6, 6.07) is 49.9. The monoisotopic (exact) mass is 948 g/mol. The highest BCUT2D eigenvalue weighted by Crippen LogP contribution is 2.47. The highest BCUT2D eigenvalue weighted by Gasteiger charge is 2.29. The van der Waals surface area contributed by atoms with Gasteiger partial charge in [-0.25, -0.2) is 0 Å². The first-order chi connectivity index (χ1) is 35.1. The largest absolute Gasteiger partial charge is 0.452 e.